The number of esters is 1. The Morgan fingerprint density at radius 2 is 2.17 bits per heavy atom. The lowest BCUT2D eigenvalue weighted by molar-refractivity contribution is -0.143. The van der Waals surface area contributed by atoms with Gasteiger partial charge >= 0.3 is 5.97 Å². The molecule has 2 rings (SSSR count). The van der Waals surface area contributed by atoms with Crippen molar-refractivity contribution in [2.75, 3.05) is 12.4 Å². The van der Waals surface area contributed by atoms with E-state index in [1.54, 1.807) is 19.2 Å². The van der Waals surface area contributed by atoms with Crippen molar-refractivity contribution < 1.29 is 19.1 Å². The molecular weight excluding hydrogens is 308 g/mol. The van der Waals surface area contributed by atoms with Crippen LogP contribution in [0.4, 0.5) is 5.69 Å². The molecule has 2 atom stereocenters. The summed E-state index contributed by atoms with van der Waals surface area (Å²) in [4.78, 5) is 23.8. The van der Waals surface area contributed by atoms with Crippen molar-refractivity contribution in [1.29, 1.82) is 5.26 Å². The third-order valence-electron chi connectivity index (χ3n) is 4.38. The second kappa shape index (κ2) is 7.45. The van der Waals surface area contributed by atoms with Gasteiger partial charge in [-0.3, -0.25) is 9.59 Å². The molecule has 1 aliphatic carbocycles. The van der Waals surface area contributed by atoms with Gasteiger partial charge < -0.3 is 14.8 Å². The third-order valence-corrected chi connectivity index (χ3v) is 4.38. The third kappa shape index (κ3) is 3.92. The monoisotopic (exact) mass is 330 g/mol. The zero-order valence-electron chi connectivity index (χ0n) is 14.2. The Hall–Kier alpha value is -2.39. The summed E-state index contributed by atoms with van der Waals surface area (Å²) in [5, 5.41) is 12.1. The first-order chi connectivity index (χ1) is 11.4. The maximum absolute atomic E-state index is 12.8. The highest BCUT2D eigenvalue weighted by Crippen LogP contribution is 2.36. The van der Waals surface area contributed by atoms with Crippen LogP contribution < -0.4 is 10.1 Å². The van der Waals surface area contributed by atoms with Crippen molar-refractivity contribution in [2.24, 2.45) is 5.92 Å². The van der Waals surface area contributed by atoms with Gasteiger partial charge in [0.25, 0.3) is 5.91 Å². The Kier molecular flexibility index (Phi) is 5.58. The van der Waals surface area contributed by atoms with Crippen molar-refractivity contribution in [3.05, 3.63) is 23.8 Å². The highest BCUT2D eigenvalue weighted by atomic mass is 16.5. The maximum Gasteiger partial charge on any atom is 0.308 e. The van der Waals surface area contributed by atoms with Crippen molar-refractivity contribution in [3.8, 4) is 11.8 Å². The number of amides is 1. The highest BCUT2D eigenvalue weighted by Gasteiger charge is 2.42. The summed E-state index contributed by atoms with van der Waals surface area (Å²) in [5.74, 6) is -0.0329. The van der Waals surface area contributed by atoms with E-state index in [4.69, 9.17) is 9.47 Å². The standard InChI is InChI=1S/C18H22N2O4/c1-12-5-4-8-18(10-12,23-3)17(22)20-16-7-6-15(24-13(2)21)9-14(16)11-19/h6-7,9,12H,4-5,8,10H2,1-3H3,(H,20,22)/t12-,18-/m1/s1. The molecule has 0 aromatic heterocycles. The van der Waals surface area contributed by atoms with Crippen LogP contribution in [-0.2, 0) is 14.3 Å². The van der Waals surface area contributed by atoms with Crippen LogP contribution in [0.25, 0.3) is 0 Å². The lowest BCUT2D eigenvalue weighted by Gasteiger charge is -2.37. The number of hydrogen-bond acceptors (Lipinski definition) is 5. The van der Waals surface area contributed by atoms with E-state index in [0.717, 1.165) is 12.8 Å². The van der Waals surface area contributed by atoms with Crippen molar-refractivity contribution in [3.63, 3.8) is 0 Å². The SMILES string of the molecule is CO[C@]1(C(=O)Nc2ccc(OC(C)=O)cc2C#N)CCC[C@@H](C)C1. The van der Waals surface area contributed by atoms with Crippen LogP contribution in [-0.4, -0.2) is 24.6 Å². The van der Waals surface area contributed by atoms with Gasteiger partial charge in [-0.25, -0.2) is 0 Å². The van der Waals surface area contributed by atoms with Crippen LogP contribution in [0.1, 0.15) is 45.1 Å². The number of benzene rings is 1. The Balaban J connectivity index is 2.21. The van der Waals surface area contributed by atoms with Gasteiger partial charge in [-0.05, 0) is 37.3 Å². The van der Waals surface area contributed by atoms with E-state index < -0.39 is 11.6 Å². The average Bonchev–Trinajstić information content (AvgIpc) is 2.55. The van der Waals surface area contributed by atoms with Gasteiger partial charge in [-0.1, -0.05) is 13.3 Å². The molecule has 6 nitrogen and oxygen atoms in total. The molecule has 24 heavy (non-hydrogen) atoms. The summed E-state index contributed by atoms with van der Waals surface area (Å²) in [7, 11) is 1.55. The second-order valence-corrected chi connectivity index (χ2v) is 6.27. The Morgan fingerprint density at radius 3 is 2.75 bits per heavy atom. The van der Waals surface area contributed by atoms with E-state index >= 15 is 0 Å². The summed E-state index contributed by atoms with van der Waals surface area (Å²) in [5.41, 5.74) is -0.246. The first-order valence-electron chi connectivity index (χ1n) is 7.99. The molecule has 0 bridgehead atoms. The number of nitrogens with one attached hydrogen (secondary N) is 1. The van der Waals surface area contributed by atoms with Gasteiger partial charge in [-0.2, -0.15) is 5.26 Å². The smallest absolute Gasteiger partial charge is 0.308 e. The zero-order chi connectivity index (χ0) is 17.7. The molecule has 0 heterocycles. The van der Waals surface area contributed by atoms with Gasteiger partial charge in [0.1, 0.15) is 17.4 Å². The first kappa shape index (κ1) is 18.0. The van der Waals surface area contributed by atoms with Gasteiger partial charge in [0.15, 0.2) is 0 Å². The fraction of sp³-hybridized carbons (Fsp3) is 0.500. The van der Waals surface area contributed by atoms with Gasteiger partial charge in [0.2, 0.25) is 0 Å². The molecule has 1 N–H and O–H groups in total. The molecule has 0 aliphatic heterocycles. The molecule has 0 spiro atoms. The van der Waals surface area contributed by atoms with Crippen LogP contribution in [0.5, 0.6) is 5.75 Å². The number of carbonyl (C=O) groups excluding carboxylic acids is 2. The minimum absolute atomic E-state index is 0.234. The van der Waals surface area contributed by atoms with Gasteiger partial charge in [0, 0.05) is 20.1 Å². The number of carbonyl (C=O) groups is 2. The van der Waals surface area contributed by atoms with E-state index in [0.29, 0.717) is 24.4 Å². The summed E-state index contributed by atoms with van der Waals surface area (Å²) in [6, 6.07) is 6.54. The lowest BCUT2D eigenvalue weighted by atomic mass is 9.78. The number of methoxy groups -OCH3 is 1. The number of ether oxygens (including phenoxy) is 2. The van der Waals surface area contributed by atoms with E-state index in [9.17, 15) is 14.9 Å². The average molecular weight is 330 g/mol. The molecular formula is C18H22N2O4. The van der Waals surface area contributed by atoms with Crippen LogP contribution in [0.2, 0.25) is 0 Å². The molecule has 128 valence electrons. The van der Waals surface area contributed by atoms with Crippen LogP contribution >= 0.6 is 0 Å². The van der Waals surface area contributed by atoms with Crippen LogP contribution in [0.3, 0.4) is 0 Å². The minimum Gasteiger partial charge on any atom is -0.427 e. The largest absolute Gasteiger partial charge is 0.427 e. The van der Waals surface area contributed by atoms with E-state index in [2.05, 4.69) is 12.2 Å². The summed E-state index contributed by atoms with van der Waals surface area (Å²) < 4.78 is 10.5. The number of nitrogens with zero attached hydrogens (tertiary/aromatic N) is 1. The predicted molar refractivity (Wildman–Crippen MR) is 88.5 cm³/mol. The van der Waals surface area contributed by atoms with Crippen molar-refractivity contribution in [1.82, 2.24) is 0 Å². The van der Waals surface area contributed by atoms with Crippen LogP contribution in [0.15, 0.2) is 18.2 Å². The number of rotatable bonds is 4. The topological polar surface area (TPSA) is 88.4 Å². The quantitative estimate of drug-likeness (QED) is 0.677. The molecule has 1 saturated carbocycles. The fourth-order valence-corrected chi connectivity index (χ4v) is 3.18. The van der Waals surface area contributed by atoms with Crippen molar-refractivity contribution >= 4 is 17.6 Å². The van der Waals surface area contributed by atoms with E-state index in [-0.39, 0.29) is 17.2 Å². The second-order valence-electron chi connectivity index (χ2n) is 6.27. The van der Waals surface area contributed by atoms with Gasteiger partial charge in [0.05, 0.1) is 11.3 Å². The Bertz CT molecular complexity index is 680. The maximum atomic E-state index is 12.8. The number of nitriles is 1. The minimum atomic E-state index is -0.862. The summed E-state index contributed by atoms with van der Waals surface area (Å²) in [6.45, 7) is 3.39. The molecule has 1 aromatic carbocycles. The Labute approximate surface area is 141 Å². The van der Waals surface area contributed by atoms with Crippen LogP contribution in [0, 0.1) is 17.2 Å². The predicted octanol–water partition coefficient (Wildman–Crippen LogP) is 3.02. The first-order valence-corrected chi connectivity index (χ1v) is 7.99. The summed E-state index contributed by atoms with van der Waals surface area (Å²) in [6.07, 6.45) is 3.33. The molecule has 1 aromatic rings. The normalized spacial score (nSPS) is 23.2. The zero-order valence-corrected chi connectivity index (χ0v) is 14.2. The Morgan fingerprint density at radius 1 is 1.42 bits per heavy atom. The molecule has 1 aliphatic rings. The molecule has 0 unspecified atom stereocenters. The molecule has 1 amide bonds. The van der Waals surface area contributed by atoms with E-state index in [1.165, 1.54) is 13.0 Å². The summed E-state index contributed by atoms with van der Waals surface area (Å²) >= 11 is 0. The molecule has 0 radical (unpaired) electrons. The lowest BCUT2D eigenvalue weighted by Crippen LogP contribution is -2.48. The number of hydrogen-bond donors (Lipinski definition) is 1. The van der Waals surface area contributed by atoms with E-state index in [1.807, 2.05) is 6.07 Å². The molecule has 1 fully saturated rings. The van der Waals surface area contributed by atoms with Gasteiger partial charge in [-0.15, -0.1) is 0 Å². The molecule has 6 heteroatoms. The molecule has 0 saturated heterocycles. The fourth-order valence-electron chi connectivity index (χ4n) is 3.18. The number of anilines is 1. The highest BCUT2D eigenvalue weighted by molar-refractivity contribution is 5.98. The van der Waals surface area contributed by atoms with Crippen molar-refractivity contribution in [2.45, 2.75) is 45.1 Å².